The van der Waals surface area contributed by atoms with Crippen LogP contribution in [-0.2, 0) is 0 Å². The first-order valence-electron chi connectivity index (χ1n) is 7.28. The van der Waals surface area contributed by atoms with Crippen LogP contribution in [0.5, 0.6) is 0 Å². The molecule has 0 saturated carbocycles. The molecule has 0 bridgehead atoms. The van der Waals surface area contributed by atoms with Crippen molar-refractivity contribution in [2.75, 3.05) is 19.6 Å². The number of nitrogens with zero attached hydrogens (tertiary/aromatic N) is 1. The number of hydrogen-bond donors (Lipinski definition) is 2. The van der Waals surface area contributed by atoms with Crippen LogP contribution >= 0.6 is 28.3 Å². The number of aromatic nitrogens is 1. The van der Waals surface area contributed by atoms with E-state index in [4.69, 9.17) is 0 Å². The molecule has 0 aromatic carbocycles. The Morgan fingerprint density at radius 3 is 2.67 bits per heavy atom. The minimum Gasteiger partial charge on any atom is -0.350 e. The quantitative estimate of drug-likeness (QED) is 0.844. The average Bonchev–Trinajstić information content (AvgIpc) is 2.79. The topological polar surface area (TPSA) is 46.1 Å². The maximum Gasteiger partial charge on any atom is 0.267 e. The lowest BCUT2D eigenvalue weighted by Gasteiger charge is -2.34. The van der Waals surface area contributed by atoms with E-state index in [9.17, 15) is 4.79 Å². The highest BCUT2D eigenvalue weighted by Crippen LogP contribution is 2.27. The lowest BCUT2D eigenvalue weighted by Crippen LogP contribution is -2.43. The van der Waals surface area contributed by atoms with Crippen LogP contribution < -0.4 is 10.6 Å². The number of hydrogen-bond acceptors (Lipinski definition) is 2. The molecule has 2 heterocycles. The SMILES string of the molecule is CC(C)n1cc(Br)cc1C(=O)NCC1(C)CCNCC1.Cl. The summed E-state index contributed by atoms with van der Waals surface area (Å²) in [7, 11) is 0. The second kappa shape index (κ2) is 7.65. The molecule has 2 rings (SSSR count). The normalized spacial score (nSPS) is 17.4. The lowest BCUT2D eigenvalue weighted by molar-refractivity contribution is 0.0911. The molecule has 0 atom stereocenters. The third-order valence-electron chi connectivity index (χ3n) is 4.09. The third kappa shape index (κ3) is 4.73. The molecule has 0 aliphatic carbocycles. The van der Waals surface area contributed by atoms with Crippen molar-refractivity contribution in [1.29, 1.82) is 0 Å². The van der Waals surface area contributed by atoms with Crippen LogP contribution in [0.4, 0.5) is 0 Å². The summed E-state index contributed by atoms with van der Waals surface area (Å²) >= 11 is 3.45. The van der Waals surface area contributed by atoms with Gasteiger partial charge < -0.3 is 15.2 Å². The molecule has 0 spiro atoms. The predicted octanol–water partition coefficient (Wildman–Crippen LogP) is 3.37. The zero-order valence-electron chi connectivity index (χ0n) is 12.9. The van der Waals surface area contributed by atoms with E-state index in [1.165, 1.54) is 0 Å². The molecule has 21 heavy (non-hydrogen) atoms. The van der Waals surface area contributed by atoms with Gasteiger partial charge in [0, 0.05) is 23.3 Å². The summed E-state index contributed by atoms with van der Waals surface area (Å²) in [5.74, 6) is 0.0177. The molecule has 1 fully saturated rings. The van der Waals surface area contributed by atoms with Crippen molar-refractivity contribution >= 4 is 34.2 Å². The molecule has 1 amide bonds. The van der Waals surface area contributed by atoms with Crippen LogP contribution in [0, 0.1) is 5.41 Å². The van der Waals surface area contributed by atoms with Gasteiger partial charge in [-0.05, 0) is 67.2 Å². The maximum absolute atomic E-state index is 12.4. The molecule has 1 aliphatic rings. The molecule has 1 aromatic rings. The van der Waals surface area contributed by atoms with Gasteiger partial charge in [-0.3, -0.25) is 4.79 Å². The largest absolute Gasteiger partial charge is 0.350 e. The van der Waals surface area contributed by atoms with Crippen molar-refractivity contribution in [2.45, 2.75) is 39.7 Å². The van der Waals surface area contributed by atoms with Crippen LogP contribution in [0.15, 0.2) is 16.7 Å². The summed E-state index contributed by atoms with van der Waals surface area (Å²) in [5.41, 5.74) is 0.942. The monoisotopic (exact) mass is 377 g/mol. The van der Waals surface area contributed by atoms with Crippen molar-refractivity contribution in [3.8, 4) is 0 Å². The average molecular weight is 379 g/mol. The Morgan fingerprint density at radius 1 is 1.48 bits per heavy atom. The predicted molar refractivity (Wildman–Crippen MR) is 92.3 cm³/mol. The van der Waals surface area contributed by atoms with Gasteiger partial charge in [-0.2, -0.15) is 0 Å². The summed E-state index contributed by atoms with van der Waals surface area (Å²) < 4.78 is 2.95. The van der Waals surface area contributed by atoms with Crippen molar-refractivity contribution in [2.24, 2.45) is 5.41 Å². The van der Waals surface area contributed by atoms with Gasteiger partial charge in [0.05, 0.1) is 0 Å². The third-order valence-corrected chi connectivity index (χ3v) is 4.52. The Balaban J connectivity index is 0.00000220. The van der Waals surface area contributed by atoms with E-state index < -0.39 is 0 Å². The molecule has 120 valence electrons. The fraction of sp³-hybridized carbons (Fsp3) is 0.667. The van der Waals surface area contributed by atoms with Crippen LogP contribution in [0.2, 0.25) is 0 Å². The van der Waals surface area contributed by atoms with E-state index in [0.717, 1.165) is 42.6 Å². The Hall–Kier alpha value is -0.520. The van der Waals surface area contributed by atoms with Crippen molar-refractivity contribution in [3.05, 3.63) is 22.4 Å². The molecule has 6 heteroatoms. The van der Waals surface area contributed by atoms with Crippen LogP contribution in [-0.4, -0.2) is 30.1 Å². The van der Waals surface area contributed by atoms with Gasteiger partial charge in [-0.25, -0.2) is 0 Å². The van der Waals surface area contributed by atoms with Crippen LogP contribution in [0.3, 0.4) is 0 Å². The van der Waals surface area contributed by atoms with E-state index in [0.29, 0.717) is 0 Å². The molecule has 2 N–H and O–H groups in total. The highest BCUT2D eigenvalue weighted by molar-refractivity contribution is 9.10. The van der Waals surface area contributed by atoms with Gasteiger partial charge in [-0.1, -0.05) is 6.92 Å². The second-order valence-electron chi connectivity index (χ2n) is 6.29. The highest BCUT2D eigenvalue weighted by Gasteiger charge is 2.27. The summed E-state index contributed by atoms with van der Waals surface area (Å²) in [5, 5.41) is 6.47. The number of carbonyl (C=O) groups excluding carboxylic acids is 1. The minimum absolute atomic E-state index is 0. The van der Waals surface area contributed by atoms with E-state index >= 15 is 0 Å². The van der Waals surface area contributed by atoms with E-state index in [-0.39, 0.29) is 29.8 Å². The summed E-state index contributed by atoms with van der Waals surface area (Å²) in [6, 6.07) is 2.16. The van der Waals surface area contributed by atoms with Gasteiger partial charge in [0.2, 0.25) is 0 Å². The van der Waals surface area contributed by atoms with Crippen molar-refractivity contribution in [1.82, 2.24) is 15.2 Å². The first-order chi connectivity index (χ1) is 9.41. The fourth-order valence-electron chi connectivity index (χ4n) is 2.65. The minimum atomic E-state index is 0. The molecule has 4 nitrogen and oxygen atoms in total. The summed E-state index contributed by atoms with van der Waals surface area (Å²) in [6.45, 7) is 9.25. The Kier molecular flexibility index (Phi) is 6.75. The van der Waals surface area contributed by atoms with E-state index in [1.54, 1.807) is 0 Å². The van der Waals surface area contributed by atoms with E-state index in [2.05, 4.69) is 47.3 Å². The zero-order valence-corrected chi connectivity index (χ0v) is 15.3. The summed E-state index contributed by atoms with van der Waals surface area (Å²) in [6.07, 6.45) is 4.19. The van der Waals surface area contributed by atoms with Crippen LogP contribution in [0.25, 0.3) is 0 Å². The van der Waals surface area contributed by atoms with Crippen molar-refractivity contribution < 1.29 is 4.79 Å². The number of rotatable bonds is 4. The Morgan fingerprint density at radius 2 is 2.10 bits per heavy atom. The lowest BCUT2D eigenvalue weighted by atomic mass is 9.81. The number of nitrogens with one attached hydrogen (secondary N) is 2. The molecule has 1 aromatic heterocycles. The Labute approximate surface area is 141 Å². The molecular formula is C15H25BrClN3O. The first-order valence-corrected chi connectivity index (χ1v) is 8.07. The number of halogens is 2. The van der Waals surface area contributed by atoms with Gasteiger partial charge in [0.25, 0.3) is 5.91 Å². The van der Waals surface area contributed by atoms with Crippen LogP contribution in [0.1, 0.15) is 50.1 Å². The second-order valence-corrected chi connectivity index (χ2v) is 7.20. The number of carbonyl (C=O) groups is 1. The number of piperidine rings is 1. The smallest absolute Gasteiger partial charge is 0.267 e. The maximum atomic E-state index is 12.4. The Bertz CT molecular complexity index is 481. The first kappa shape index (κ1) is 18.5. The zero-order chi connectivity index (χ0) is 14.8. The van der Waals surface area contributed by atoms with E-state index in [1.807, 2.05) is 16.8 Å². The van der Waals surface area contributed by atoms with Gasteiger partial charge in [-0.15, -0.1) is 12.4 Å². The standard InChI is InChI=1S/C15H24BrN3O.ClH/c1-11(2)19-9-12(16)8-13(19)14(20)18-10-15(3)4-6-17-7-5-15;/h8-9,11,17H,4-7,10H2,1-3H3,(H,18,20);1H. The molecule has 0 radical (unpaired) electrons. The van der Waals surface area contributed by atoms with Gasteiger partial charge >= 0.3 is 0 Å². The molecule has 1 aliphatic heterocycles. The highest BCUT2D eigenvalue weighted by atomic mass is 79.9. The van der Waals surface area contributed by atoms with Gasteiger partial charge in [0.1, 0.15) is 5.69 Å². The molecular weight excluding hydrogens is 354 g/mol. The summed E-state index contributed by atoms with van der Waals surface area (Å²) in [4.78, 5) is 12.4. The molecule has 1 saturated heterocycles. The van der Waals surface area contributed by atoms with Crippen molar-refractivity contribution in [3.63, 3.8) is 0 Å². The fourth-order valence-corrected chi connectivity index (χ4v) is 3.08. The number of amides is 1. The van der Waals surface area contributed by atoms with Gasteiger partial charge in [0.15, 0.2) is 0 Å². The molecule has 0 unspecified atom stereocenters.